The highest BCUT2D eigenvalue weighted by Crippen LogP contribution is 2.41. The Bertz CT molecular complexity index is 457. The minimum absolute atomic E-state index is 0.548. The summed E-state index contributed by atoms with van der Waals surface area (Å²) in [6.45, 7) is 0. The molecule has 1 heterocycles. The van der Waals surface area contributed by atoms with Gasteiger partial charge in [0, 0.05) is 5.92 Å². The summed E-state index contributed by atoms with van der Waals surface area (Å²) in [6, 6.07) is 5.67. The molecular weight excluding hydrogens is 164 g/mol. The van der Waals surface area contributed by atoms with Crippen LogP contribution in [0.2, 0.25) is 0 Å². The fourth-order valence-corrected chi connectivity index (χ4v) is 1.49. The van der Waals surface area contributed by atoms with Gasteiger partial charge >= 0.3 is 0 Å². The molecule has 1 aromatic heterocycles. The number of para-hydroxylation sites is 1. The smallest absolute Gasteiger partial charge is 0.198 e. The molecule has 0 radical (unpaired) electrons. The number of nitrogens with two attached hydrogens (primary N) is 1. The number of hydrogen-bond acceptors (Lipinski definition) is 3. The standard InChI is InChI=1S/C10H10N2O/c11-7-2-1-3-8-9(7)13-10(12-8)6-4-5-6/h1-3,6H,4-5,11H2. The van der Waals surface area contributed by atoms with E-state index in [1.807, 2.05) is 18.2 Å². The quantitative estimate of drug-likeness (QED) is 0.675. The van der Waals surface area contributed by atoms with Crippen LogP contribution >= 0.6 is 0 Å². The van der Waals surface area contributed by atoms with Gasteiger partial charge in [-0.1, -0.05) is 6.07 Å². The predicted octanol–water partition coefficient (Wildman–Crippen LogP) is 2.29. The third-order valence-corrected chi connectivity index (χ3v) is 2.39. The number of hydrogen-bond donors (Lipinski definition) is 1. The van der Waals surface area contributed by atoms with E-state index in [4.69, 9.17) is 10.2 Å². The molecule has 1 saturated carbocycles. The third kappa shape index (κ3) is 1.00. The van der Waals surface area contributed by atoms with Gasteiger partial charge in [0.05, 0.1) is 5.69 Å². The van der Waals surface area contributed by atoms with Crippen LogP contribution in [0.15, 0.2) is 22.6 Å². The topological polar surface area (TPSA) is 52.0 Å². The summed E-state index contributed by atoms with van der Waals surface area (Å²) in [5, 5.41) is 0. The zero-order valence-electron chi connectivity index (χ0n) is 7.16. The molecule has 3 heteroatoms. The molecule has 0 spiro atoms. The molecular formula is C10H10N2O. The van der Waals surface area contributed by atoms with Crippen LogP contribution in [0.5, 0.6) is 0 Å². The summed E-state index contributed by atoms with van der Waals surface area (Å²) >= 11 is 0. The van der Waals surface area contributed by atoms with E-state index < -0.39 is 0 Å². The molecule has 3 rings (SSSR count). The highest BCUT2D eigenvalue weighted by molar-refractivity contribution is 5.84. The van der Waals surface area contributed by atoms with E-state index in [2.05, 4.69) is 4.98 Å². The second-order valence-electron chi connectivity index (χ2n) is 3.52. The van der Waals surface area contributed by atoms with Gasteiger partial charge in [0.25, 0.3) is 0 Å². The van der Waals surface area contributed by atoms with E-state index in [1.54, 1.807) is 0 Å². The molecule has 0 atom stereocenters. The Kier molecular flexibility index (Phi) is 1.20. The van der Waals surface area contributed by atoms with Crippen molar-refractivity contribution in [3.05, 3.63) is 24.1 Å². The first-order valence-electron chi connectivity index (χ1n) is 4.49. The molecule has 3 nitrogen and oxygen atoms in total. The molecule has 0 bridgehead atoms. The normalized spacial score (nSPS) is 16.6. The summed E-state index contributed by atoms with van der Waals surface area (Å²) in [4.78, 5) is 4.39. The molecule has 1 aromatic carbocycles. The van der Waals surface area contributed by atoms with Crippen LogP contribution in [0, 0.1) is 0 Å². The first kappa shape index (κ1) is 6.95. The number of oxazole rings is 1. The predicted molar refractivity (Wildman–Crippen MR) is 50.4 cm³/mol. The fourth-order valence-electron chi connectivity index (χ4n) is 1.49. The molecule has 0 amide bonds. The molecule has 0 unspecified atom stereocenters. The zero-order valence-corrected chi connectivity index (χ0v) is 7.16. The van der Waals surface area contributed by atoms with Crippen molar-refractivity contribution in [2.45, 2.75) is 18.8 Å². The monoisotopic (exact) mass is 174 g/mol. The number of anilines is 1. The molecule has 13 heavy (non-hydrogen) atoms. The van der Waals surface area contributed by atoms with Gasteiger partial charge in [0.15, 0.2) is 11.5 Å². The average Bonchev–Trinajstić information content (AvgIpc) is 2.87. The molecule has 2 aromatic rings. The van der Waals surface area contributed by atoms with E-state index in [9.17, 15) is 0 Å². The van der Waals surface area contributed by atoms with Gasteiger partial charge in [-0.05, 0) is 25.0 Å². The first-order valence-corrected chi connectivity index (χ1v) is 4.49. The lowest BCUT2D eigenvalue weighted by Crippen LogP contribution is -1.82. The number of nitrogens with zero attached hydrogens (tertiary/aromatic N) is 1. The van der Waals surface area contributed by atoms with Crippen molar-refractivity contribution in [1.29, 1.82) is 0 Å². The van der Waals surface area contributed by atoms with Gasteiger partial charge in [-0.15, -0.1) is 0 Å². The van der Waals surface area contributed by atoms with Crippen LogP contribution in [0.25, 0.3) is 11.1 Å². The van der Waals surface area contributed by atoms with Crippen molar-refractivity contribution in [2.24, 2.45) is 0 Å². The zero-order chi connectivity index (χ0) is 8.84. The van der Waals surface area contributed by atoms with Gasteiger partial charge < -0.3 is 10.2 Å². The summed E-state index contributed by atoms with van der Waals surface area (Å²) in [7, 11) is 0. The maximum Gasteiger partial charge on any atom is 0.198 e. The lowest BCUT2D eigenvalue weighted by atomic mass is 10.3. The maximum atomic E-state index is 5.76. The number of fused-ring (bicyclic) bond motifs is 1. The van der Waals surface area contributed by atoms with Crippen molar-refractivity contribution in [3.8, 4) is 0 Å². The summed E-state index contributed by atoms with van der Waals surface area (Å²) < 4.78 is 5.59. The number of rotatable bonds is 1. The number of nitrogen functional groups attached to an aromatic ring is 1. The summed E-state index contributed by atoms with van der Waals surface area (Å²) in [5.74, 6) is 1.40. The van der Waals surface area contributed by atoms with E-state index in [0.717, 1.165) is 17.0 Å². The van der Waals surface area contributed by atoms with Gasteiger partial charge in [0.2, 0.25) is 0 Å². The maximum absolute atomic E-state index is 5.76. The number of benzene rings is 1. The molecule has 1 aliphatic rings. The third-order valence-electron chi connectivity index (χ3n) is 2.39. The SMILES string of the molecule is Nc1cccc2nc(C3CC3)oc12. The van der Waals surface area contributed by atoms with Crippen LogP contribution in [-0.2, 0) is 0 Å². The van der Waals surface area contributed by atoms with Crippen LogP contribution in [0.4, 0.5) is 5.69 Å². The lowest BCUT2D eigenvalue weighted by Gasteiger charge is -1.90. The van der Waals surface area contributed by atoms with Crippen LogP contribution in [0.3, 0.4) is 0 Å². The van der Waals surface area contributed by atoms with E-state index >= 15 is 0 Å². The lowest BCUT2D eigenvalue weighted by molar-refractivity contribution is 0.534. The first-order chi connectivity index (χ1) is 6.34. The molecule has 1 aliphatic carbocycles. The van der Waals surface area contributed by atoms with Crippen molar-refractivity contribution in [2.75, 3.05) is 5.73 Å². The van der Waals surface area contributed by atoms with Gasteiger partial charge in [-0.2, -0.15) is 0 Å². The van der Waals surface area contributed by atoms with Crippen LogP contribution in [0.1, 0.15) is 24.7 Å². The van der Waals surface area contributed by atoms with E-state index in [-0.39, 0.29) is 0 Å². The van der Waals surface area contributed by atoms with Crippen molar-refractivity contribution in [3.63, 3.8) is 0 Å². The Morgan fingerprint density at radius 3 is 2.92 bits per heavy atom. The van der Waals surface area contributed by atoms with Crippen molar-refractivity contribution >= 4 is 16.8 Å². The Labute approximate surface area is 75.6 Å². The Balaban J connectivity index is 2.26. The van der Waals surface area contributed by atoms with Gasteiger partial charge in [0.1, 0.15) is 5.52 Å². The van der Waals surface area contributed by atoms with Crippen molar-refractivity contribution in [1.82, 2.24) is 4.98 Å². The molecule has 2 N–H and O–H groups in total. The largest absolute Gasteiger partial charge is 0.438 e. The Hall–Kier alpha value is -1.51. The molecule has 0 saturated heterocycles. The summed E-state index contributed by atoms with van der Waals surface area (Å²) in [6.07, 6.45) is 2.40. The molecule has 1 fully saturated rings. The second kappa shape index (κ2) is 2.25. The van der Waals surface area contributed by atoms with Gasteiger partial charge in [-0.3, -0.25) is 0 Å². The minimum Gasteiger partial charge on any atom is -0.438 e. The van der Waals surface area contributed by atoms with E-state index in [1.165, 1.54) is 12.8 Å². The van der Waals surface area contributed by atoms with Gasteiger partial charge in [-0.25, -0.2) is 4.98 Å². The average molecular weight is 174 g/mol. The number of aromatic nitrogens is 1. The van der Waals surface area contributed by atoms with Crippen LogP contribution < -0.4 is 5.73 Å². The highest BCUT2D eigenvalue weighted by atomic mass is 16.3. The highest BCUT2D eigenvalue weighted by Gasteiger charge is 2.29. The second-order valence-corrected chi connectivity index (χ2v) is 3.52. The van der Waals surface area contributed by atoms with Crippen LogP contribution in [-0.4, -0.2) is 4.98 Å². The van der Waals surface area contributed by atoms with E-state index in [0.29, 0.717) is 11.6 Å². The Morgan fingerprint density at radius 2 is 2.23 bits per heavy atom. The molecule has 0 aliphatic heterocycles. The molecule has 66 valence electrons. The minimum atomic E-state index is 0.548. The van der Waals surface area contributed by atoms with Crippen molar-refractivity contribution < 1.29 is 4.42 Å². The summed E-state index contributed by atoms with van der Waals surface area (Å²) in [5.41, 5.74) is 8.05. The Morgan fingerprint density at radius 1 is 1.38 bits per heavy atom. The fraction of sp³-hybridized carbons (Fsp3) is 0.300.